The average molecular weight is 285 g/mol. The Labute approximate surface area is 114 Å². The molecule has 0 aromatic heterocycles. The third-order valence-electron chi connectivity index (χ3n) is 2.93. The molecule has 0 aliphatic heterocycles. The Morgan fingerprint density at radius 2 is 1.89 bits per heavy atom. The molecule has 0 heterocycles. The molecule has 0 aliphatic rings. The molecule has 1 unspecified atom stereocenters. The van der Waals surface area contributed by atoms with E-state index in [1.807, 2.05) is 6.07 Å². The van der Waals surface area contributed by atoms with E-state index in [1.54, 1.807) is 45.2 Å². The molecule has 1 aromatic carbocycles. The van der Waals surface area contributed by atoms with Gasteiger partial charge in [0.15, 0.2) is 0 Å². The number of para-hydroxylation sites is 1. The maximum atomic E-state index is 11.8. The first-order chi connectivity index (χ1) is 8.88. The highest BCUT2D eigenvalue weighted by Gasteiger charge is 2.22. The number of likely N-dealkylation sites (N-methyl/N-ethyl adjacent to an activating group) is 1. The van der Waals surface area contributed by atoms with Gasteiger partial charge in [0.25, 0.3) is 16.0 Å². The second-order valence-electron chi connectivity index (χ2n) is 4.26. The zero-order valence-corrected chi connectivity index (χ0v) is 12.2. The number of nitrogens with zero attached hydrogens (tertiary/aromatic N) is 1. The fraction of sp³-hybridized carbons (Fsp3) is 0.462. The van der Waals surface area contributed by atoms with Crippen LogP contribution in [0.1, 0.15) is 20.3 Å². The molecule has 1 atom stereocenters. The van der Waals surface area contributed by atoms with E-state index in [1.165, 1.54) is 4.90 Å². The largest absolute Gasteiger partial charge is 0.313 e. The van der Waals surface area contributed by atoms with Crippen LogP contribution in [0.15, 0.2) is 30.3 Å². The molecule has 5 nitrogen and oxygen atoms in total. The highest BCUT2D eigenvalue weighted by atomic mass is 32.2. The number of rotatable bonds is 6. The van der Waals surface area contributed by atoms with Gasteiger partial charge in [-0.2, -0.15) is 8.42 Å². The third-order valence-corrected chi connectivity index (χ3v) is 4.70. The van der Waals surface area contributed by atoms with Crippen molar-refractivity contribution >= 4 is 21.7 Å². The van der Waals surface area contributed by atoms with Crippen molar-refractivity contribution in [3.63, 3.8) is 0 Å². The molecule has 1 aromatic rings. The Balaban J connectivity index is 2.62. The summed E-state index contributed by atoms with van der Waals surface area (Å²) in [5.74, 6) is -0.405. The van der Waals surface area contributed by atoms with E-state index in [-0.39, 0.29) is 0 Å². The molecular weight excluding hydrogens is 266 g/mol. The molecule has 6 heteroatoms. The number of anilines is 1. The van der Waals surface area contributed by atoms with Gasteiger partial charge < -0.3 is 4.90 Å². The predicted octanol–water partition coefficient (Wildman–Crippen LogP) is 1.79. The van der Waals surface area contributed by atoms with Gasteiger partial charge in [0.05, 0.1) is 5.25 Å². The first kappa shape index (κ1) is 15.7. The van der Waals surface area contributed by atoms with Crippen LogP contribution in [0, 0.1) is 0 Å². The molecule has 0 radical (unpaired) electrons. The van der Waals surface area contributed by atoms with Crippen molar-refractivity contribution < 1.29 is 17.4 Å². The molecule has 1 rings (SSSR count). The van der Waals surface area contributed by atoms with E-state index in [2.05, 4.69) is 0 Å². The fourth-order valence-electron chi connectivity index (χ4n) is 1.35. The van der Waals surface area contributed by atoms with Crippen LogP contribution in [0.5, 0.6) is 0 Å². The number of benzene rings is 1. The van der Waals surface area contributed by atoms with Crippen LogP contribution in [0.2, 0.25) is 0 Å². The second-order valence-corrected chi connectivity index (χ2v) is 6.29. The maximum absolute atomic E-state index is 11.8. The van der Waals surface area contributed by atoms with Crippen molar-refractivity contribution in [2.24, 2.45) is 0 Å². The van der Waals surface area contributed by atoms with Crippen LogP contribution in [0.4, 0.5) is 5.69 Å². The normalized spacial score (nSPS) is 13.0. The second kappa shape index (κ2) is 6.68. The molecule has 0 fully saturated rings. The van der Waals surface area contributed by atoms with E-state index in [0.717, 1.165) is 0 Å². The third kappa shape index (κ3) is 4.33. The Hall–Kier alpha value is -1.40. The number of hydrogen-bond donors (Lipinski definition) is 0. The number of hydrogen-bond acceptors (Lipinski definition) is 4. The quantitative estimate of drug-likeness (QED) is 0.748. The number of carbonyl (C=O) groups is 1. The number of amides is 1. The van der Waals surface area contributed by atoms with Crippen LogP contribution in [-0.2, 0) is 19.1 Å². The van der Waals surface area contributed by atoms with Crippen molar-refractivity contribution in [2.75, 3.05) is 18.6 Å². The van der Waals surface area contributed by atoms with E-state index >= 15 is 0 Å². The van der Waals surface area contributed by atoms with Crippen molar-refractivity contribution in [2.45, 2.75) is 25.5 Å². The maximum Gasteiger partial charge on any atom is 0.270 e. The smallest absolute Gasteiger partial charge is 0.270 e. The SMILES string of the molecule is CCC(C)S(=O)(=O)OCC(=O)N(C)c1ccccc1. The van der Waals surface area contributed by atoms with Crippen LogP contribution >= 0.6 is 0 Å². The molecule has 0 aliphatic carbocycles. The summed E-state index contributed by atoms with van der Waals surface area (Å²) in [7, 11) is -2.09. The lowest BCUT2D eigenvalue weighted by atomic mass is 10.3. The minimum atomic E-state index is -3.67. The molecule has 0 saturated heterocycles. The average Bonchev–Trinajstić information content (AvgIpc) is 2.43. The topological polar surface area (TPSA) is 63.7 Å². The monoisotopic (exact) mass is 285 g/mol. The van der Waals surface area contributed by atoms with Crippen molar-refractivity contribution in [3.05, 3.63) is 30.3 Å². The van der Waals surface area contributed by atoms with Gasteiger partial charge in [-0.15, -0.1) is 0 Å². The van der Waals surface area contributed by atoms with E-state index in [9.17, 15) is 13.2 Å². The van der Waals surface area contributed by atoms with Crippen molar-refractivity contribution in [3.8, 4) is 0 Å². The fourth-order valence-corrected chi connectivity index (χ4v) is 2.25. The molecular formula is C13H19NO4S. The Bertz CT molecular complexity index is 513. The summed E-state index contributed by atoms with van der Waals surface area (Å²) in [5, 5.41) is -0.609. The first-order valence-electron chi connectivity index (χ1n) is 6.08. The van der Waals surface area contributed by atoms with Gasteiger partial charge in [-0.05, 0) is 25.5 Å². The Morgan fingerprint density at radius 1 is 1.32 bits per heavy atom. The number of carbonyl (C=O) groups excluding carboxylic acids is 1. The van der Waals surface area contributed by atoms with Gasteiger partial charge >= 0.3 is 0 Å². The standard InChI is InChI=1S/C13H19NO4S/c1-4-11(2)19(16,17)18-10-13(15)14(3)12-8-6-5-7-9-12/h5-9,11H,4,10H2,1-3H3. The van der Waals surface area contributed by atoms with Crippen molar-refractivity contribution in [1.29, 1.82) is 0 Å². The minimum absolute atomic E-state index is 0.405. The lowest BCUT2D eigenvalue weighted by molar-refractivity contribution is -0.120. The predicted molar refractivity (Wildman–Crippen MR) is 74.5 cm³/mol. The summed E-state index contributed by atoms with van der Waals surface area (Å²) >= 11 is 0. The Morgan fingerprint density at radius 3 is 2.42 bits per heavy atom. The van der Waals surface area contributed by atoms with Gasteiger partial charge in [0.1, 0.15) is 6.61 Å². The van der Waals surface area contributed by atoms with E-state index in [4.69, 9.17) is 4.18 Å². The van der Waals surface area contributed by atoms with Gasteiger partial charge in [0.2, 0.25) is 0 Å². The zero-order chi connectivity index (χ0) is 14.5. The summed E-state index contributed by atoms with van der Waals surface area (Å²) in [5.41, 5.74) is 0.692. The van der Waals surface area contributed by atoms with E-state index < -0.39 is 27.9 Å². The molecule has 19 heavy (non-hydrogen) atoms. The molecule has 0 N–H and O–H groups in total. The van der Waals surface area contributed by atoms with Gasteiger partial charge in [0, 0.05) is 12.7 Å². The highest BCUT2D eigenvalue weighted by Crippen LogP contribution is 2.12. The van der Waals surface area contributed by atoms with Crippen LogP contribution in [-0.4, -0.2) is 33.2 Å². The summed E-state index contributed by atoms with van der Waals surface area (Å²) in [6.45, 7) is 2.84. The van der Waals surface area contributed by atoms with Crippen LogP contribution in [0.3, 0.4) is 0 Å². The molecule has 1 amide bonds. The van der Waals surface area contributed by atoms with Gasteiger partial charge in [-0.3, -0.25) is 8.98 Å². The molecule has 0 saturated carbocycles. The van der Waals surface area contributed by atoms with Crippen LogP contribution in [0.25, 0.3) is 0 Å². The molecule has 0 bridgehead atoms. The summed E-state index contributed by atoms with van der Waals surface area (Å²) in [6.07, 6.45) is 0.449. The van der Waals surface area contributed by atoms with E-state index in [0.29, 0.717) is 12.1 Å². The molecule has 0 spiro atoms. The minimum Gasteiger partial charge on any atom is -0.313 e. The molecule has 106 valence electrons. The lowest BCUT2D eigenvalue weighted by Gasteiger charge is -2.17. The zero-order valence-electron chi connectivity index (χ0n) is 11.4. The lowest BCUT2D eigenvalue weighted by Crippen LogP contribution is -2.32. The Kier molecular flexibility index (Phi) is 5.50. The highest BCUT2D eigenvalue weighted by molar-refractivity contribution is 7.87. The van der Waals surface area contributed by atoms with Crippen LogP contribution < -0.4 is 4.90 Å². The van der Waals surface area contributed by atoms with Crippen molar-refractivity contribution in [1.82, 2.24) is 0 Å². The summed E-state index contributed by atoms with van der Waals surface area (Å²) in [6, 6.07) is 8.97. The van der Waals surface area contributed by atoms with Gasteiger partial charge in [-0.1, -0.05) is 25.1 Å². The summed E-state index contributed by atoms with van der Waals surface area (Å²) < 4.78 is 28.0. The van der Waals surface area contributed by atoms with Gasteiger partial charge in [-0.25, -0.2) is 0 Å². The first-order valence-corrected chi connectivity index (χ1v) is 7.55. The summed E-state index contributed by atoms with van der Waals surface area (Å²) in [4.78, 5) is 13.2.